The second kappa shape index (κ2) is 4.52. The predicted molar refractivity (Wildman–Crippen MR) is 60.7 cm³/mol. The normalized spacial score (nSPS) is 21.1. The number of carbonyl (C=O) groups excluding carboxylic acids is 1. The average Bonchev–Trinajstić information content (AvgIpc) is 2.16. The van der Waals surface area contributed by atoms with Crippen LogP contribution in [-0.4, -0.2) is 24.2 Å². The SMILES string of the molecule is COC1(C(=O)NC(C)(C)C)CCCCC1. The summed E-state index contributed by atoms with van der Waals surface area (Å²) in [6.45, 7) is 5.99. The third-order valence-corrected chi connectivity index (χ3v) is 2.95. The van der Waals surface area contributed by atoms with Gasteiger partial charge in [0.1, 0.15) is 5.60 Å². The van der Waals surface area contributed by atoms with Gasteiger partial charge in [0, 0.05) is 12.6 Å². The minimum atomic E-state index is -0.564. The number of methoxy groups -OCH3 is 1. The van der Waals surface area contributed by atoms with Gasteiger partial charge in [-0.05, 0) is 33.6 Å². The first-order chi connectivity index (χ1) is 6.90. The van der Waals surface area contributed by atoms with Crippen molar-refractivity contribution in [3.63, 3.8) is 0 Å². The first kappa shape index (κ1) is 12.5. The molecule has 88 valence electrons. The van der Waals surface area contributed by atoms with Gasteiger partial charge in [0.15, 0.2) is 0 Å². The van der Waals surface area contributed by atoms with Crippen molar-refractivity contribution in [1.82, 2.24) is 5.32 Å². The molecule has 0 heterocycles. The van der Waals surface area contributed by atoms with Crippen LogP contribution in [0.3, 0.4) is 0 Å². The summed E-state index contributed by atoms with van der Waals surface area (Å²) in [6, 6.07) is 0. The highest BCUT2D eigenvalue weighted by Crippen LogP contribution is 2.31. The van der Waals surface area contributed by atoms with Crippen molar-refractivity contribution in [2.24, 2.45) is 0 Å². The minimum Gasteiger partial charge on any atom is -0.368 e. The fourth-order valence-electron chi connectivity index (χ4n) is 2.10. The van der Waals surface area contributed by atoms with Crippen LogP contribution in [0.15, 0.2) is 0 Å². The Morgan fingerprint density at radius 2 is 1.73 bits per heavy atom. The van der Waals surface area contributed by atoms with Crippen molar-refractivity contribution in [2.75, 3.05) is 7.11 Å². The standard InChI is InChI=1S/C12H23NO2/c1-11(2,3)13-10(14)12(15-4)8-6-5-7-9-12/h5-9H2,1-4H3,(H,13,14). The molecule has 0 saturated heterocycles. The van der Waals surface area contributed by atoms with E-state index in [1.807, 2.05) is 20.8 Å². The lowest BCUT2D eigenvalue weighted by molar-refractivity contribution is -0.149. The molecular formula is C12H23NO2. The number of amides is 1. The molecule has 0 aromatic rings. The summed E-state index contributed by atoms with van der Waals surface area (Å²) in [4.78, 5) is 12.1. The lowest BCUT2D eigenvalue weighted by Crippen LogP contribution is -2.54. The third-order valence-electron chi connectivity index (χ3n) is 2.95. The number of rotatable bonds is 2. The van der Waals surface area contributed by atoms with E-state index in [1.165, 1.54) is 6.42 Å². The fraction of sp³-hybridized carbons (Fsp3) is 0.917. The van der Waals surface area contributed by atoms with Crippen molar-refractivity contribution in [2.45, 2.75) is 64.0 Å². The van der Waals surface area contributed by atoms with Crippen molar-refractivity contribution in [1.29, 1.82) is 0 Å². The lowest BCUT2D eigenvalue weighted by atomic mass is 9.83. The Morgan fingerprint density at radius 1 is 1.20 bits per heavy atom. The largest absolute Gasteiger partial charge is 0.368 e. The third kappa shape index (κ3) is 3.20. The molecule has 0 aromatic carbocycles. The van der Waals surface area contributed by atoms with Crippen LogP contribution in [0.4, 0.5) is 0 Å². The van der Waals surface area contributed by atoms with Crippen LogP contribution < -0.4 is 5.32 Å². The molecule has 1 saturated carbocycles. The van der Waals surface area contributed by atoms with Crippen molar-refractivity contribution in [3.05, 3.63) is 0 Å². The van der Waals surface area contributed by atoms with Crippen LogP contribution in [0.25, 0.3) is 0 Å². The molecule has 15 heavy (non-hydrogen) atoms. The Labute approximate surface area is 92.6 Å². The van der Waals surface area contributed by atoms with Crippen molar-refractivity contribution >= 4 is 5.91 Å². The number of hydrogen-bond acceptors (Lipinski definition) is 2. The molecule has 0 spiro atoms. The van der Waals surface area contributed by atoms with Gasteiger partial charge in [0.25, 0.3) is 5.91 Å². The second-order valence-electron chi connectivity index (χ2n) is 5.46. The molecule has 1 rings (SSSR count). The van der Waals surface area contributed by atoms with Crippen LogP contribution in [0.2, 0.25) is 0 Å². The Bertz CT molecular complexity index is 224. The summed E-state index contributed by atoms with van der Waals surface area (Å²) in [5, 5.41) is 3.02. The zero-order chi connectivity index (χ0) is 11.5. The first-order valence-corrected chi connectivity index (χ1v) is 5.77. The summed E-state index contributed by atoms with van der Waals surface area (Å²) in [7, 11) is 1.65. The van der Waals surface area contributed by atoms with Gasteiger partial charge in [0.2, 0.25) is 0 Å². The van der Waals surface area contributed by atoms with Gasteiger partial charge in [-0.3, -0.25) is 4.79 Å². The molecule has 3 nitrogen and oxygen atoms in total. The fourth-order valence-corrected chi connectivity index (χ4v) is 2.10. The van der Waals surface area contributed by atoms with Crippen molar-refractivity contribution < 1.29 is 9.53 Å². The molecule has 1 N–H and O–H groups in total. The molecular weight excluding hydrogens is 190 g/mol. The van der Waals surface area contributed by atoms with Gasteiger partial charge in [-0.1, -0.05) is 19.3 Å². The molecule has 0 radical (unpaired) electrons. The van der Waals surface area contributed by atoms with E-state index >= 15 is 0 Å². The minimum absolute atomic E-state index is 0.0530. The number of ether oxygens (including phenoxy) is 1. The zero-order valence-corrected chi connectivity index (χ0v) is 10.4. The molecule has 0 unspecified atom stereocenters. The maximum atomic E-state index is 12.1. The highest BCUT2D eigenvalue weighted by Gasteiger charge is 2.40. The molecule has 0 aliphatic heterocycles. The summed E-state index contributed by atoms with van der Waals surface area (Å²) >= 11 is 0. The quantitative estimate of drug-likeness (QED) is 0.764. The zero-order valence-electron chi connectivity index (χ0n) is 10.4. The lowest BCUT2D eigenvalue weighted by Gasteiger charge is -2.36. The van der Waals surface area contributed by atoms with E-state index in [9.17, 15) is 4.79 Å². The van der Waals surface area contributed by atoms with Crippen LogP contribution in [0.1, 0.15) is 52.9 Å². The highest BCUT2D eigenvalue weighted by molar-refractivity contribution is 5.85. The Hall–Kier alpha value is -0.570. The van der Waals surface area contributed by atoms with E-state index in [1.54, 1.807) is 7.11 Å². The van der Waals surface area contributed by atoms with Gasteiger partial charge >= 0.3 is 0 Å². The topological polar surface area (TPSA) is 38.3 Å². The highest BCUT2D eigenvalue weighted by atomic mass is 16.5. The van der Waals surface area contributed by atoms with E-state index < -0.39 is 5.60 Å². The van der Waals surface area contributed by atoms with Crippen LogP contribution in [0, 0.1) is 0 Å². The summed E-state index contributed by atoms with van der Waals surface area (Å²) < 4.78 is 5.47. The molecule has 1 aliphatic carbocycles. The van der Waals surface area contributed by atoms with E-state index in [0.717, 1.165) is 25.7 Å². The van der Waals surface area contributed by atoms with Crippen LogP contribution in [0.5, 0.6) is 0 Å². The molecule has 3 heteroatoms. The smallest absolute Gasteiger partial charge is 0.252 e. The Morgan fingerprint density at radius 3 is 2.13 bits per heavy atom. The van der Waals surface area contributed by atoms with Crippen LogP contribution >= 0.6 is 0 Å². The van der Waals surface area contributed by atoms with Gasteiger partial charge < -0.3 is 10.1 Å². The maximum Gasteiger partial charge on any atom is 0.252 e. The molecule has 1 fully saturated rings. The summed E-state index contributed by atoms with van der Waals surface area (Å²) in [5.74, 6) is 0.0530. The summed E-state index contributed by atoms with van der Waals surface area (Å²) in [6.07, 6.45) is 5.10. The molecule has 1 amide bonds. The second-order valence-corrected chi connectivity index (χ2v) is 5.46. The average molecular weight is 213 g/mol. The Balaban J connectivity index is 2.68. The molecule has 0 atom stereocenters. The molecule has 1 aliphatic rings. The van der Waals surface area contributed by atoms with E-state index in [0.29, 0.717) is 0 Å². The summed E-state index contributed by atoms with van der Waals surface area (Å²) in [5.41, 5.74) is -0.744. The first-order valence-electron chi connectivity index (χ1n) is 5.77. The van der Waals surface area contributed by atoms with Crippen LogP contribution in [-0.2, 0) is 9.53 Å². The van der Waals surface area contributed by atoms with Gasteiger partial charge in [-0.25, -0.2) is 0 Å². The van der Waals surface area contributed by atoms with E-state index in [-0.39, 0.29) is 11.4 Å². The van der Waals surface area contributed by atoms with Gasteiger partial charge in [-0.15, -0.1) is 0 Å². The maximum absolute atomic E-state index is 12.1. The molecule has 0 bridgehead atoms. The number of carbonyl (C=O) groups is 1. The monoisotopic (exact) mass is 213 g/mol. The van der Waals surface area contributed by atoms with Gasteiger partial charge in [0.05, 0.1) is 0 Å². The number of nitrogens with one attached hydrogen (secondary N) is 1. The number of hydrogen-bond donors (Lipinski definition) is 1. The Kier molecular flexibility index (Phi) is 3.77. The molecule has 0 aromatic heterocycles. The van der Waals surface area contributed by atoms with E-state index in [4.69, 9.17) is 4.74 Å². The van der Waals surface area contributed by atoms with Crippen molar-refractivity contribution in [3.8, 4) is 0 Å². The van der Waals surface area contributed by atoms with Gasteiger partial charge in [-0.2, -0.15) is 0 Å². The predicted octanol–water partition coefficient (Wildman–Crippen LogP) is 2.25. The van der Waals surface area contributed by atoms with E-state index in [2.05, 4.69) is 5.32 Å².